The Bertz CT molecular complexity index is 1280. The van der Waals surface area contributed by atoms with E-state index in [1.807, 2.05) is 0 Å². The minimum Gasteiger partial charge on any atom is -0.462 e. The molecule has 0 aliphatic heterocycles. The van der Waals surface area contributed by atoms with Gasteiger partial charge in [0.25, 0.3) is 0 Å². The van der Waals surface area contributed by atoms with Crippen LogP contribution in [0.2, 0.25) is 0 Å². The summed E-state index contributed by atoms with van der Waals surface area (Å²) in [4.78, 5) is 38.3. The highest BCUT2D eigenvalue weighted by Crippen LogP contribution is 2.17. The zero-order valence-electron chi connectivity index (χ0n) is 49.6. The number of carbonyl (C=O) groups excluding carboxylic acids is 3. The van der Waals surface area contributed by atoms with Crippen LogP contribution in [0, 0.1) is 0 Å². The van der Waals surface area contributed by atoms with Crippen molar-refractivity contribution in [3.63, 3.8) is 0 Å². The van der Waals surface area contributed by atoms with E-state index >= 15 is 0 Å². The first-order chi connectivity index (χ1) is 36.5. The van der Waals surface area contributed by atoms with Crippen molar-refractivity contribution in [1.82, 2.24) is 0 Å². The van der Waals surface area contributed by atoms with Gasteiger partial charge in [0.2, 0.25) is 0 Å². The third-order valence-electron chi connectivity index (χ3n) is 14.6. The van der Waals surface area contributed by atoms with Crippen molar-refractivity contribution in [3.05, 3.63) is 48.6 Å². The van der Waals surface area contributed by atoms with Gasteiger partial charge in [0.05, 0.1) is 0 Å². The van der Waals surface area contributed by atoms with Crippen LogP contribution < -0.4 is 0 Å². The van der Waals surface area contributed by atoms with E-state index < -0.39 is 6.10 Å². The Morgan fingerprint density at radius 1 is 0.270 bits per heavy atom. The molecule has 0 aromatic heterocycles. The van der Waals surface area contributed by atoms with Crippen LogP contribution in [0.3, 0.4) is 0 Å². The summed E-state index contributed by atoms with van der Waals surface area (Å²) >= 11 is 0. The fourth-order valence-electron chi connectivity index (χ4n) is 9.62. The van der Waals surface area contributed by atoms with Crippen LogP contribution in [-0.2, 0) is 28.6 Å². The van der Waals surface area contributed by atoms with Crippen molar-refractivity contribution in [2.45, 2.75) is 354 Å². The molecule has 0 amide bonds. The molecule has 1 unspecified atom stereocenters. The van der Waals surface area contributed by atoms with Crippen molar-refractivity contribution in [1.29, 1.82) is 0 Å². The first-order valence-corrected chi connectivity index (χ1v) is 32.6. The molecule has 0 rings (SSSR count). The minimum atomic E-state index is -0.779. The third kappa shape index (κ3) is 60.2. The van der Waals surface area contributed by atoms with Gasteiger partial charge in [-0.25, -0.2) is 0 Å². The monoisotopic (exact) mass is 1040 g/mol. The quantitative estimate of drug-likeness (QED) is 0.0261. The van der Waals surface area contributed by atoms with Crippen LogP contribution >= 0.6 is 0 Å². The highest BCUT2D eigenvalue weighted by molar-refractivity contribution is 5.71. The van der Waals surface area contributed by atoms with Crippen LogP contribution in [0.15, 0.2) is 48.6 Å². The lowest BCUT2D eigenvalue weighted by Crippen LogP contribution is -2.30. The van der Waals surface area contributed by atoms with Gasteiger partial charge < -0.3 is 14.2 Å². The fourth-order valence-corrected chi connectivity index (χ4v) is 9.62. The molecule has 0 saturated heterocycles. The van der Waals surface area contributed by atoms with Gasteiger partial charge >= 0.3 is 17.9 Å². The summed E-state index contributed by atoms with van der Waals surface area (Å²) in [6, 6.07) is 0. The lowest BCUT2D eigenvalue weighted by Gasteiger charge is -2.18. The molecule has 1 atom stereocenters. The van der Waals surface area contributed by atoms with E-state index in [0.717, 1.165) is 77.0 Å². The van der Waals surface area contributed by atoms with Gasteiger partial charge in [0.1, 0.15) is 13.2 Å². The Labute approximate surface area is 460 Å². The fraction of sp³-hybridized carbons (Fsp3) is 0.838. The molecule has 0 aromatic rings. The van der Waals surface area contributed by atoms with Crippen LogP contribution in [0.4, 0.5) is 0 Å². The topological polar surface area (TPSA) is 78.9 Å². The Hall–Kier alpha value is -2.63. The summed E-state index contributed by atoms with van der Waals surface area (Å²) in [5.41, 5.74) is 0. The molecule has 0 aromatic carbocycles. The van der Waals surface area contributed by atoms with Gasteiger partial charge in [-0.05, 0) is 83.5 Å². The standard InChI is InChI=1S/C68H124O6/c1-4-7-10-13-16-19-22-25-28-30-32-33-34-35-37-38-40-43-46-49-52-55-58-61-67(70)73-64-65(63-72-66(69)60-57-54-51-48-45-42-27-24-21-18-15-12-9-6-3)74-68(71)62-59-56-53-50-47-44-41-39-36-31-29-26-23-20-17-14-11-8-5-2/h17,20,26,29-30,32,36,39,65H,4-16,18-19,21-25,27-28,31,33-35,37-38,40-64H2,1-3H3/b20-17-,29-26-,32-30-,39-36-. The van der Waals surface area contributed by atoms with Gasteiger partial charge in [-0.3, -0.25) is 14.4 Å². The average Bonchev–Trinajstić information content (AvgIpc) is 3.40. The highest BCUT2D eigenvalue weighted by atomic mass is 16.6. The Kier molecular flexibility index (Phi) is 60.7. The number of unbranched alkanes of at least 4 members (excludes halogenated alkanes) is 41. The van der Waals surface area contributed by atoms with Gasteiger partial charge in [-0.2, -0.15) is 0 Å². The second-order valence-corrected chi connectivity index (χ2v) is 22.0. The molecule has 0 aliphatic carbocycles. The van der Waals surface area contributed by atoms with E-state index in [-0.39, 0.29) is 31.1 Å². The van der Waals surface area contributed by atoms with Gasteiger partial charge in [-0.15, -0.1) is 0 Å². The summed E-state index contributed by atoms with van der Waals surface area (Å²) in [5, 5.41) is 0. The molecule has 0 saturated carbocycles. The smallest absolute Gasteiger partial charge is 0.306 e. The molecule has 6 nitrogen and oxygen atoms in total. The van der Waals surface area contributed by atoms with E-state index in [9.17, 15) is 14.4 Å². The highest BCUT2D eigenvalue weighted by Gasteiger charge is 2.19. The van der Waals surface area contributed by atoms with E-state index in [0.29, 0.717) is 19.3 Å². The molecule has 0 heterocycles. The number of hydrogen-bond acceptors (Lipinski definition) is 6. The van der Waals surface area contributed by atoms with Gasteiger partial charge in [-0.1, -0.05) is 294 Å². The third-order valence-corrected chi connectivity index (χ3v) is 14.6. The van der Waals surface area contributed by atoms with E-state index in [2.05, 4.69) is 69.4 Å². The SMILES string of the molecule is CCCCC/C=C\C/C=C\C/C=C\CCCCCCCCC(=O)OC(COC(=O)CCCCCCCCCCCCC/C=C\CCCCCCCCCC)COC(=O)CCCCCCCCCCCCCCCC. The van der Waals surface area contributed by atoms with Crippen molar-refractivity contribution >= 4 is 17.9 Å². The molecule has 0 radical (unpaired) electrons. The van der Waals surface area contributed by atoms with Crippen molar-refractivity contribution in [3.8, 4) is 0 Å². The predicted molar refractivity (Wildman–Crippen MR) is 321 cm³/mol. The lowest BCUT2D eigenvalue weighted by atomic mass is 10.0. The van der Waals surface area contributed by atoms with Crippen molar-refractivity contribution < 1.29 is 28.6 Å². The Morgan fingerprint density at radius 2 is 0.486 bits per heavy atom. The predicted octanol–water partition coefficient (Wildman–Crippen LogP) is 22.2. The van der Waals surface area contributed by atoms with E-state index in [1.165, 1.54) is 231 Å². The van der Waals surface area contributed by atoms with Crippen molar-refractivity contribution in [2.24, 2.45) is 0 Å². The second kappa shape index (κ2) is 62.9. The Morgan fingerprint density at radius 3 is 0.797 bits per heavy atom. The maximum atomic E-state index is 12.9. The first kappa shape index (κ1) is 71.4. The van der Waals surface area contributed by atoms with Crippen LogP contribution in [0.5, 0.6) is 0 Å². The Balaban J connectivity index is 4.32. The number of hydrogen-bond donors (Lipinski definition) is 0. The number of ether oxygens (including phenoxy) is 3. The molecule has 0 spiro atoms. The van der Waals surface area contributed by atoms with Crippen LogP contribution in [0.1, 0.15) is 348 Å². The molecule has 6 heteroatoms. The lowest BCUT2D eigenvalue weighted by molar-refractivity contribution is -0.167. The molecule has 0 bridgehead atoms. The molecule has 74 heavy (non-hydrogen) atoms. The molecule has 0 aliphatic rings. The molecule has 0 fully saturated rings. The van der Waals surface area contributed by atoms with E-state index in [1.54, 1.807) is 0 Å². The minimum absolute atomic E-state index is 0.0749. The molecule has 432 valence electrons. The number of allylic oxidation sites excluding steroid dienone is 8. The maximum Gasteiger partial charge on any atom is 0.306 e. The summed E-state index contributed by atoms with van der Waals surface area (Å²) in [5.74, 6) is -0.867. The summed E-state index contributed by atoms with van der Waals surface area (Å²) in [6.45, 7) is 6.65. The van der Waals surface area contributed by atoms with Gasteiger partial charge in [0, 0.05) is 19.3 Å². The number of rotatable bonds is 60. The number of carbonyl (C=O) groups is 3. The normalized spacial score (nSPS) is 12.3. The first-order valence-electron chi connectivity index (χ1n) is 32.6. The number of esters is 3. The van der Waals surface area contributed by atoms with Crippen LogP contribution in [0.25, 0.3) is 0 Å². The summed E-state index contributed by atoms with van der Waals surface area (Å²) in [6.07, 6.45) is 78.3. The zero-order valence-corrected chi connectivity index (χ0v) is 49.6. The molecular formula is C68H124O6. The van der Waals surface area contributed by atoms with Crippen LogP contribution in [-0.4, -0.2) is 37.2 Å². The molecular weight excluding hydrogens is 913 g/mol. The summed E-state index contributed by atoms with van der Waals surface area (Å²) < 4.78 is 16.9. The van der Waals surface area contributed by atoms with Gasteiger partial charge in [0.15, 0.2) is 6.10 Å². The maximum absolute atomic E-state index is 12.9. The van der Waals surface area contributed by atoms with E-state index in [4.69, 9.17) is 14.2 Å². The summed E-state index contributed by atoms with van der Waals surface area (Å²) in [7, 11) is 0. The van der Waals surface area contributed by atoms with Crippen molar-refractivity contribution in [2.75, 3.05) is 13.2 Å². The zero-order chi connectivity index (χ0) is 53.6. The average molecular weight is 1040 g/mol. The molecule has 0 N–H and O–H groups in total. The second-order valence-electron chi connectivity index (χ2n) is 22.0. The largest absolute Gasteiger partial charge is 0.462 e.